The molecule has 9 heteroatoms. The number of carbonyl (C=O) groups excluding carboxylic acids is 1. The molecular weight excluding hydrogens is 437 g/mol. The first-order valence-corrected chi connectivity index (χ1v) is 10.7. The Morgan fingerprint density at radius 1 is 1.06 bits per heavy atom. The Balaban J connectivity index is 1.26. The van der Waals surface area contributed by atoms with E-state index in [9.17, 15) is 18.0 Å². The van der Waals surface area contributed by atoms with Gasteiger partial charge in [-0.05, 0) is 42.3 Å². The zero-order chi connectivity index (χ0) is 22.6. The number of thiazole rings is 1. The SMILES string of the molecule is O=C(Cc1csc(-c2ccc(C(F)(F)F)cc2)n1)NCCc1ccc(-n2cccn2)cc1. The van der Waals surface area contributed by atoms with E-state index in [0.717, 1.165) is 23.4 Å². The van der Waals surface area contributed by atoms with Crippen LogP contribution in [-0.2, 0) is 23.8 Å². The number of nitrogens with one attached hydrogen (secondary N) is 1. The molecule has 32 heavy (non-hydrogen) atoms. The van der Waals surface area contributed by atoms with Gasteiger partial charge in [0.1, 0.15) is 5.01 Å². The van der Waals surface area contributed by atoms with Crippen LogP contribution in [0, 0.1) is 0 Å². The lowest BCUT2D eigenvalue weighted by atomic mass is 10.1. The molecule has 0 saturated heterocycles. The summed E-state index contributed by atoms with van der Waals surface area (Å²) < 4.78 is 39.9. The Bertz CT molecular complexity index is 1170. The van der Waals surface area contributed by atoms with Gasteiger partial charge in [-0.15, -0.1) is 11.3 Å². The molecule has 164 valence electrons. The summed E-state index contributed by atoms with van der Waals surface area (Å²) in [5.41, 5.74) is 2.54. The lowest BCUT2D eigenvalue weighted by molar-refractivity contribution is -0.137. The summed E-state index contributed by atoms with van der Waals surface area (Å²) in [6, 6.07) is 14.7. The van der Waals surface area contributed by atoms with E-state index in [1.807, 2.05) is 36.5 Å². The minimum Gasteiger partial charge on any atom is -0.355 e. The van der Waals surface area contributed by atoms with E-state index in [0.29, 0.717) is 29.2 Å². The molecule has 0 atom stereocenters. The number of alkyl halides is 3. The Kier molecular flexibility index (Phi) is 6.36. The van der Waals surface area contributed by atoms with E-state index < -0.39 is 11.7 Å². The maximum atomic E-state index is 12.7. The van der Waals surface area contributed by atoms with Crippen molar-refractivity contribution in [2.24, 2.45) is 0 Å². The van der Waals surface area contributed by atoms with Crippen LogP contribution in [0.25, 0.3) is 16.3 Å². The number of hydrogen-bond acceptors (Lipinski definition) is 4. The molecule has 0 radical (unpaired) electrons. The second-order valence-electron chi connectivity index (χ2n) is 7.11. The highest BCUT2D eigenvalue weighted by atomic mass is 32.1. The summed E-state index contributed by atoms with van der Waals surface area (Å²) >= 11 is 1.30. The quantitative estimate of drug-likeness (QED) is 0.430. The van der Waals surface area contributed by atoms with Gasteiger partial charge in [0.2, 0.25) is 5.91 Å². The van der Waals surface area contributed by atoms with Gasteiger partial charge in [0.05, 0.1) is 23.4 Å². The van der Waals surface area contributed by atoms with Gasteiger partial charge >= 0.3 is 6.18 Å². The number of halogens is 3. The topological polar surface area (TPSA) is 59.8 Å². The number of aromatic nitrogens is 3. The summed E-state index contributed by atoms with van der Waals surface area (Å²) in [5.74, 6) is -0.151. The van der Waals surface area contributed by atoms with Gasteiger partial charge in [0.15, 0.2) is 0 Å². The highest BCUT2D eigenvalue weighted by Gasteiger charge is 2.30. The van der Waals surface area contributed by atoms with Crippen molar-refractivity contribution in [1.82, 2.24) is 20.1 Å². The second-order valence-corrected chi connectivity index (χ2v) is 7.97. The van der Waals surface area contributed by atoms with Crippen molar-refractivity contribution in [3.8, 4) is 16.3 Å². The van der Waals surface area contributed by atoms with Gasteiger partial charge in [0.25, 0.3) is 0 Å². The summed E-state index contributed by atoms with van der Waals surface area (Å²) in [4.78, 5) is 16.6. The maximum Gasteiger partial charge on any atom is 0.416 e. The van der Waals surface area contributed by atoms with Gasteiger partial charge in [-0.1, -0.05) is 24.3 Å². The molecule has 0 saturated carbocycles. The van der Waals surface area contributed by atoms with Crippen LogP contribution in [0.15, 0.2) is 72.4 Å². The van der Waals surface area contributed by atoms with Crippen LogP contribution in [0.2, 0.25) is 0 Å². The highest BCUT2D eigenvalue weighted by Crippen LogP contribution is 2.31. The molecule has 2 aromatic carbocycles. The third-order valence-corrected chi connectivity index (χ3v) is 5.73. The number of hydrogen-bond donors (Lipinski definition) is 1. The molecule has 4 rings (SSSR count). The first-order chi connectivity index (χ1) is 15.4. The van der Waals surface area contributed by atoms with Crippen molar-refractivity contribution in [2.75, 3.05) is 6.54 Å². The number of carbonyl (C=O) groups is 1. The largest absolute Gasteiger partial charge is 0.416 e. The molecule has 5 nitrogen and oxygen atoms in total. The summed E-state index contributed by atoms with van der Waals surface area (Å²) in [7, 11) is 0. The predicted molar refractivity (Wildman–Crippen MR) is 117 cm³/mol. The first kappa shape index (κ1) is 21.8. The normalized spacial score (nSPS) is 11.5. The number of nitrogens with zero attached hydrogens (tertiary/aromatic N) is 3. The molecule has 4 aromatic rings. The first-order valence-electron chi connectivity index (χ1n) is 9.86. The third kappa shape index (κ3) is 5.42. The molecule has 0 aliphatic heterocycles. The van der Waals surface area contributed by atoms with Gasteiger partial charge in [-0.25, -0.2) is 9.67 Å². The molecule has 1 N–H and O–H groups in total. The van der Waals surface area contributed by atoms with Crippen molar-refractivity contribution < 1.29 is 18.0 Å². The van der Waals surface area contributed by atoms with Gasteiger partial charge in [-0.2, -0.15) is 18.3 Å². The zero-order valence-corrected chi connectivity index (χ0v) is 17.7. The number of benzene rings is 2. The smallest absolute Gasteiger partial charge is 0.355 e. The monoisotopic (exact) mass is 456 g/mol. The molecule has 0 aliphatic carbocycles. The number of rotatable bonds is 7. The molecule has 0 aliphatic rings. The lowest BCUT2D eigenvalue weighted by Gasteiger charge is -2.06. The fourth-order valence-electron chi connectivity index (χ4n) is 3.13. The average molecular weight is 456 g/mol. The summed E-state index contributed by atoms with van der Waals surface area (Å²) in [5, 5.41) is 9.40. The van der Waals surface area contributed by atoms with Gasteiger partial charge < -0.3 is 5.32 Å². The third-order valence-electron chi connectivity index (χ3n) is 4.79. The summed E-state index contributed by atoms with van der Waals surface area (Å²) in [6.45, 7) is 0.496. The maximum absolute atomic E-state index is 12.7. The van der Waals surface area contributed by atoms with E-state index >= 15 is 0 Å². The van der Waals surface area contributed by atoms with Crippen LogP contribution in [0.3, 0.4) is 0 Å². The Morgan fingerprint density at radius 2 is 1.81 bits per heavy atom. The van der Waals surface area contributed by atoms with Crippen molar-refractivity contribution in [3.05, 3.63) is 89.2 Å². The summed E-state index contributed by atoms with van der Waals surface area (Å²) in [6.07, 6.45) is 0.0375. The Labute approximate surface area is 186 Å². The standard InChI is InChI=1S/C23H19F3N4OS/c24-23(25,26)18-6-4-17(5-7-18)22-29-19(15-32-22)14-21(31)27-12-10-16-2-8-20(9-3-16)30-13-1-11-28-30/h1-9,11,13,15H,10,12,14H2,(H,27,31). The van der Waals surface area contributed by atoms with E-state index in [4.69, 9.17) is 0 Å². The van der Waals surface area contributed by atoms with E-state index in [1.165, 1.54) is 23.5 Å². The van der Waals surface area contributed by atoms with Crippen LogP contribution in [0.4, 0.5) is 13.2 Å². The molecule has 0 bridgehead atoms. The molecule has 2 heterocycles. The van der Waals surface area contributed by atoms with Gasteiger partial charge in [0, 0.05) is 29.9 Å². The van der Waals surface area contributed by atoms with Crippen LogP contribution in [0.1, 0.15) is 16.8 Å². The van der Waals surface area contributed by atoms with E-state index in [1.54, 1.807) is 16.3 Å². The molecule has 0 fully saturated rings. The average Bonchev–Trinajstić information content (AvgIpc) is 3.46. The van der Waals surface area contributed by atoms with E-state index in [2.05, 4.69) is 15.4 Å². The fraction of sp³-hybridized carbons (Fsp3) is 0.174. The van der Waals surface area contributed by atoms with Crippen LogP contribution < -0.4 is 5.32 Å². The van der Waals surface area contributed by atoms with Gasteiger partial charge in [-0.3, -0.25) is 4.79 Å². The molecular formula is C23H19F3N4OS. The molecule has 0 spiro atoms. The Hall–Kier alpha value is -3.46. The second kappa shape index (κ2) is 9.35. The molecule has 1 amide bonds. The lowest BCUT2D eigenvalue weighted by Crippen LogP contribution is -2.27. The number of amides is 1. The highest BCUT2D eigenvalue weighted by molar-refractivity contribution is 7.13. The zero-order valence-electron chi connectivity index (χ0n) is 16.8. The predicted octanol–water partition coefficient (Wildman–Crippen LogP) is 4.92. The van der Waals surface area contributed by atoms with Crippen molar-refractivity contribution >= 4 is 17.2 Å². The van der Waals surface area contributed by atoms with Crippen molar-refractivity contribution in [1.29, 1.82) is 0 Å². The minimum absolute atomic E-state index is 0.120. The van der Waals surface area contributed by atoms with Crippen LogP contribution in [0.5, 0.6) is 0 Å². The molecule has 2 aromatic heterocycles. The van der Waals surface area contributed by atoms with Crippen molar-refractivity contribution in [3.63, 3.8) is 0 Å². The Morgan fingerprint density at radius 3 is 2.47 bits per heavy atom. The fourth-order valence-corrected chi connectivity index (χ4v) is 3.96. The van der Waals surface area contributed by atoms with Crippen LogP contribution >= 0.6 is 11.3 Å². The van der Waals surface area contributed by atoms with E-state index in [-0.39, 0.29) is 12.3 Å². The van der Waals surface area contributed by atoms with Crippen LogP contribution in [-0.4, -0.2) is 27.2 Å². The van der Waals surface area contributed by atoms with Crippen molar-refractivity contribution in [2.45, 2.75) is 19.0 Å². The minimum atomic E-state index is -4.37. The molecule has 0 unspecified atom stereocenters.